The van der Waals surface area contributed by atoms with Crippen LogP contribution in [0, 0.1) is 18.7 Å². The molecule has 0 aliphatic carbocycles. The maximum atomic E-state index is 13.1. The van der Waals surface area contributed by atoms with Crippen LogP contribution in [0.3, 0.4) is 0 Å². The molecule has 0 radical (unpaired) electrons. The minimum Gasteiger partial charge on any atom is -0.299 e. The van der Waals surface area contributed by atoms with Gasteiger partial charge in [0.2, 0.25) is 0 Å². The van der Waals surface area contributed by atoms with E-state index in [4.69, 9.17) is 0 Å². The normalized spacial score (nSPS) is 24.7. The predicted molar refractivity (Wildman–Crippen MR) is 74.7 cm³/mol. The number of piperidine rings is 1. The molecule has 2 atom stereocenters. The summed E-state index contributed by atoms with van der Waals surface area (Å²) in [5, 5.41) is 0. The molecule has 2 rings (SSSR count). The van der Waals surface area contributed by atoms with Gasteiger partial charge in [0.15, 0.2) is 0 Å². The van der Waals surface area contributed by atoms with E-state index >= 15 is 0 Å². The molecule has 19 heavy (non-hydrogen) atoms. The second-order valence-corrected chi connectivity index (χ2v) is 5.60. The molecule has 1 aromatic rings. The number of rotatable bonds is 3. The van der Waals surface area contributed by atoms with E-state index in [1.165, 1.54) is 11.6 Å². The van der Waals surface area contributed by atoms with Crippen LogP contribution in [0.1, 0.15) is 31.4 Å². The summed E-state index contributed by atoms with van der Waals surface area (Å²) in [7, 11) is 0. The van der Waals surface area contributed by atoms with E-state index in [0.29, 0.717) is 18.2 Å². The van der Waals surface area contributed by atoms with E-state index in [2.05, 4.69) is 11.8 Å². The second-order valence-electron chi connectivity index (χ2n) is 5.60. The average molecular weight is 263 g/mol. The molecule has 0 saturated carbocycles. The first-order chi connectivity index (χ1) is 8.99. The van der Waals surface area contributed by atoms with E-state index in [1.807, 2.05) is 19.9 Å². The molecule has 1 aromatic carbocycles. The van der Waals surface area contributed by atoms with Crippen molar-refractivity contribution in [2.45, 2.75) is 39.7 Å². The maximum Gasteiger partial charge on any atom is 0.138 e. The zero-order chi connectivity index (χ0) is 14.0. The molecule has 3 heteroatoms. The highest BCUT2D eigenvalue weighted by atomic mass is 19.1. The van der Waals surface area contributed by atoms with Gasteiger partial charge in [-0.2, -0.15) is 0 Å². The lowest BCUT2D eigenvalue weighted by molar-refractivity contribution is -0.127. The number of carbonyl (C=O) groups is 1. The first kappa shape index (κ1) is 14.2. The molecule has 0 N–H and O–H groups in total. The van der Waals surface area contributed by atoms with Gasteiger partial charge in [-0.05, 0) is 43.5 Å². The fraction of sp³-hybridized carbons (Fsp3) is 0.562. The molecule has 104 valence electrons. The Morgan fingerprint density at radius 2 is 2.11 bits per heavy atom. The van der Waals surface area contributed by atoms with Crippen molar-refractivity contribution >= 4 is 5.78 Å². The molecule has 0 bridgehead atoms. The minimum absolute atomic E-state index is 0.128. The van der Waals surface area contributed by atoms with Crippen LogP contribution in [0.4, 0.5) is 4.39 Å². The first-order valence-electron chi connectivity index (χ1n) is 7.01. The summed E-state index contributed by atoms with van der Waals surface area (Å²) in [4.78, 5) is 14.0. The quantitative estimate of drug-likeness (QED) is 0.835. The number of halogens is 1. The molecule has 0 spiro atoms. The minimum atomic E-state index is -0.174. The highest BCUT2D eigenvalue weighted by Gasteiger charge is 2.30. The van der Waals surface area contributed by atoms with Crippen molar-refractivity contribution < 1.29 is 9.18 Å². The summed E-state index contributed by atoms with van der Waals surface area (Å²) in [5.74, 6) is 0.330. The van der Waals surface area contributed by atoms with E-state index in [0.717, 1.165) is 25.1 Å². The second kappa shape index (κ2) is 5.83. The van der Waals surface area contributed by atoms with Gasteiger partial charge in [0.1, 0.15) is 11.6 Å². The van der Waals surface area contributed by atoms with Crippen LogP contribution in [0.15, 0.2) is 18.2 Å². The number of ketones is 1. The SMILES string of the molecule is Cc1cc(F)ccc1CCN1CCC(=O)C(C)C1C. The van der Waals surface area contributed by atoms with E-state index < -0.39 is 0 Å². The lowest BCUT2D eigenvalue weighted by atomic mass is 9.90. The van der Waals surface area contributed by atoms with Crippen LogP contribution in [-0.2, 0) is 11.2 Å². The molecule has 1 aliphatic heterocycles. The molecular weight excluding hydrogens is 241 g/mol. The highest BCUT2D eigenvalue weighted by molar-refractivity contribution is 5.82. The van der Waals surface area contributed by atoms with Gasteiger partial charge in [0.25, 0.3) is 0 Å². The molecule has 1 fully saturated rings. The number of nitrogens with zero attached hydrogens (tertiary/aromatic N) is 1. The van der Waals surface area contributed by atoms with Crippen LogP contribution in [-0.4, -0.2) is 29.8 Å². The van der Waals surface area contributed by atoms with Crippen molar-refractivity contribution in [1.82, 2.24) is 4.90 Å². The third-order valence-electron chi connectivity index (χ3n) is 4.43. The summed E-state index contributed by atoms with van der Waals surface area (Å²) in [6, 6.07) is 5.28. The monoisotopic (exact) mass is 263 g/mol. The Balaban J connectivity index is 1.97. The molecule has 2 nitrogen and oxygen atoms in total. The maximum absolute atomic E-state index is 13.1. The van der Waals surface area contributed by atoms with Crippen molar-refractivity contribution in [3.05, 3.63) is 35.1 Å². The van der Waals surface area contributed by atoms with Gasteiger partial charge >= 0.3 is 0 Å². The van der Waals surface area contributed by atoms with Crippen LogP contribution in [0.25, 0.3) is 0 Å². The molecule has 1 heterocycles. The lowest BCUT2D eigenvalue weighted by Gasteiger charge is -2.37. The van der Waals surface area contributed by atoms with Crippen LogP contribution >= 0.6 is 0 Å². The summed E-state index contributed by atoms with van der Waals surface area (Å²) in [6.45, 7) is 7.88. The van der Waals surface area contributed by atoms with Gasteiger partial charge in [-0.1, -0.05) is 13.0 Å². The Labute approximate surface area is 114 Å². The standard InChI is InChI=1S/C16H22FNO/c1-11-10-15(17)5-4-14(11)6-8-18-9-7-16(19)12(2)13(18)3/h4-5,10,12-13H,6-9H2,1-3H3. The molecule has 0 aromatic heterocycles. The number of carbonyl (C=O) groups excluding carboxylic acids is 1. The number of Topliss-reactive ketones (excluding diaryl/α,β-unsaturated/α-hetero) is 1. The van der Waals surface area contributed by atoms with Crippen molar-refractivity contribution in [3.8, 4) is 0 Å². The Kier molecular flexibility index (Phi) is 4.35. The van der Waals surface area contributed by atoms with Crippen LogP contribution in [0.5, 0.6) is 0 Å². The fourth-order valence-corrected chi connectivity index (χ4v) is 2.79. The van der Waals surface area contributed by atoms with Crippen LogP contribution < -0.4 is 0 Å². The Bertz CT molecular complexity index is 472. The summed E-state index contributed by atoms with van der Waals surface area (Å²) in [6.07, 6.45) is 1.57. The smallest absolute Gasteiger partial charge is 0.138 e. The fourth-order valence-electron chi connectivity index (χ4n) is 2.79. The third-order valence-corrected chi connectivity index (χ3v) is 4.43. The molecule has 1 saturated heterocycles. The number of likely N-dealkylation sites (tertiary alicyclic amines) is 1. The van der Waals surface area contributed by atoms with Crippen LogP contribution in [0.2, 0.25) is 0 Å². The van der Waals surface area contributed by atoms with Crippen molar-refractivity contribution in [2.24, 2.45) is 5.92 Å². The Morgan fingerprint density at radius 3 is 2.79 bits per heavy atom. The van der Waals surface area contributed by atoms with E-state index in [1.54, 1.807) is 6.07 Å². The predicted octanol–water partition coefficient (Wildman–Crippen LogP) is 2.98. The zero-order valence-electron chi connectivity index (χ0n) is 11.9. The third kappa shape index (κ3) is 3.21. The lowest BCUT2D eigenvalue weighted by Crippen LogP contribution is -2.47. The van der Waals surface area contributed by atoms with Gasteiger partial charge in [-0.15, -0.1) is 0 Å². The molecular formula is C16H22FNO. The number of benzene rings is 1. The van der Waals surface area contributed by atoms with Crippen molar-refractivity contribution in [1.29, 1.82) is 0 Å². The summed E-state index contributed by atoms with van der Waals surface area (Å²) in [5.41, 5.74) is 2.20. The topological polar surface area (TPSA) is 20.3 Å². The molecule has 0 amide bonds. The van der Waals surface area contributed by atoms with Gasteiger partial charge in [0.05, 0.1) is 0 Å². The van der Waals surface area contributed by atoms with Gasteiger partial charge < -0.3 is 0 Å². The van der Waals surface area contributed by atoms with Crippen molar-refractivity contribution in [2.75, 3.05) is 13.1 Å². The van der Waals surface area contributed by atoms with Crippen molar-refractivity contribution in [3.63, 3.8) is 0 Å². The first-order valence-corrected chi connectivity index (χ1v) is 7.01. The van der Waals surface area contributed by atoms with Gasteiger partial charge in [0, 0.05) is 31.5 Å². The molecule has 2 unspecified atom stereocenters. The number of hydrogen-bond donors (Lipinski definition) is 0. The highest BCUT2D eigenvalue weighted by Crippen LogP contribution is 2.21. The summed E-state index contributed by atoms with van der Waals surface area (Å²) < 4.78 is 13.1. The largest absolute Gasteiger partial charge is 0.299 e. The van der Waals surface area contributed by atoms with Gasteiger partial charge in [-0.3, -0.25) is 9.69 Å². The number of aryl methyl sites for hydroxylation is 1. The average Bonchev–Trinajstić information content (AvgIpc) is 2.37. The molecule has 1 aliphatic rings. The summed E-state index contributed by atoms with van der Waals surface area (Å²) >= 11 is 0. The Morgan fingerprint density at radius 1 is 1.37 bits per heavy atom. The van der Waals surface area contributed by atoms with E-state index in [-0.39, 0.29) is 11.7 Å². The van der Waals surface area contributed by atoms with Gasteiger partial charge in [-0.25, -0.2) is 4.39 Å². The zero-order valence-corrected chi connectivity index (χ0v) is 11.9. The van der Waals surface area contributed by atoms with E-state index in [9.17, 15) is 9.18 Å². The number of hydrogen-bond acceptors (Lipinski definition) is 2. The Hall–Kier alpha value is -1.22.